The zero-order valence-corrected chi connectivity index (χ0v) is 50.3. The van der Waals surface area contributed by atoms with Gasteiger partial charge in [-0.2, -0.15) is 11.8 Å². The molecule has 462 valence electrons. The molecule has 3 aliphatic rings. The van der Waals surface area contributed by atoms with Crippen LogP contribution in [0.25, 0.3) is 27.5 Å². The van der Waals surface area contributed by atoms with Crippen LogP contribution < -0.4 is 36.6 Å². The van der Waals surface area contributed by atoms with Gasteiger partial charge in [0, 0.05) is 91.5 Å². The van der Waals surface area contributed by atoms with Gasteiger partial charge >= 0.3 is 0 Å². The number of carbonyl (C=O) groups is 8. The average molecular weight is 1220 g/mol. The van der Waals surface area contributed by atoms with Crippen LogP contribution in [0, 0.1) is 11.6 Å². The molecule has 7 aromatic rings. The first-order valence-electron chi connectivity index (χ1n) is 29.4. The van der Waals surface area contributed by atoms with Gasteiger partial charge in [0.05, 0.1) is 25.5 Å². The topological polar surface area (TPSA) is 276 Å². The van der Waals surface area contributed by atoms with Crippen LogP contribution in [0.4, 0.5) is 8.78 Å². The summed E-state index contributed by atoms with van der Waals surface area (Å²) in [6, 6.07) is 15.4. The Morgan fingerprint density at radius 3 is 2.42 bits per heavy atom. The predicted octanol–water partition coefficient (Wildman–Crippen LogP) is 4.29. The van der Waals surface area contributed by atoms with Gasteiger partial charge in [-0.25, -0.2) is 13.5 Å². The van der Waals surface area contributed by atoms with E-state index in [0.717, 1.165) is 11.3 Å². The second-order valence-electron chi connectivity index (χ2n) is 22.9. The van der Waals surface area contributed by atoms with Crippen LogP contribution >= 0.6 is 11.8 Å². The zero-order valence-electron chi connectivity index (χ0n) is 49.5. The van der Waals surface area contributed by atoms with Crippen molar-refractivity contribution in [1.82, 2.24) is 66.2 Å². The highest BCUT2D eigenvalue weighted by Crippen LogP contribution is 2.32. The Morgan fingerprint density at radius 2 is 1.65 bits per heavy atom. The fourth-order valence-corrected chi connectivity index (χ4v) is 12.7. The molecule has 6 bridgehead atoms. The molecule has 0 radical (unpaired) electrons. The molecule has 10 rings (SSSR count). The van der Waals surface area contributed by atoms with Gasteiger partial charge < -0.3 is 56.0 Å². The number of ether oxygens (including phenoxy) is 1. The fourth-order valence-electron chi connectivity index (χ4n) is 11.9. The average Bonchev–Trinajstić information content (AvgIpc) is 2.58. The van der Waals surface area contributed by atoms with Crippen molar-refractivity contribution in [1.29, 1.82) is 0 Å². The SMILES string of the molecule is COc1ccc(C[C@@H]2NC(=O)[C@H](C)NC(=O)[C@@H]3CCCN3C(=O)[C@H](NC(=O)[C@H](Cc3c[nH]c4ccc(F)cc34)NC(=O)[C@@H](C)NC(C)=O)Cc3cn(c4ccc(F)cc34)Cc3cn(nn3)-c3cccc(c3)CSCCNC(=O)[C@]3(C)CCCN3C2=O)cc1. The van der Waals surface area contributed by atoms with E-state index in [2.05, 4.69) is 47.2 Å². The summed E-state index contributed by atoms with van der Waals surface area (Å²) < 4.78 is 39.1. The number of hydrogen-bond donors (Lipinski definition) is 7. The van der Waals surface area contributed by atoms with Crippen molar-refractivity contribution in [2.24, 2.45) is 0 Å². The molecule has 4 aromatic carbocycles. The summed E-state index contributed by atoms with van der Waals surface area (Å²) in [5, 5.41) is 26.6. The third kappa shape index (κ3) is 14.0. The second kappa shape index (κ2) is 26.9. The number of nitrogens with zero attached hydrogens (tertiary/aromatic N) is 6. The molecule has 0 saturated carbocycles. The molecule has 22 nitrogen and oxygen atoms in total. The molecule has 0 spiro atoms. The van der Waals surface area contributed by atoms with E-state index >= 15 is 14.0 Å². The summed E-state index contributed by atoms with van der Waals surface area (Å²) in [7, 11) is 1.53. The second-order valence-corrected chi connectivity index (χ2v) is 24.0. The number of rotatable bonds is 10. The Hall–Kier alpha value is -9.13. The molecule has 2 saturated heterocycles. The minimum Gasteiger partial charge on any atom is -0.497 e. The summed E-state index contributed by atoms with van der Waals surface area (Å²) >= 11 is 1.61. The summed E-state index contributed by atoms with van der Waals surface area (Å²) in [6.07, 6.45) is 6.06. The molecule has 3 aliphatic heterocycles. The van der Waals surface area contributed by atoms with Gasteiger partial charge in [0.2, 0.25) is 47.3 Å². The first-order chi connectivity index (χ1) is 42.2. The van der Waals surface area contributed by atoms with Gasteiger partial charge in [-0.15, -0.1) is 5.10 Å². The van der Waals surface area contributed by atoms with Gasteiger partial charge in [-0.3, -0.25) is 38.4 Å². The number of hydrogen-bond acceptors (Lipinski definition) is 12. The lowest BCUT2D eigenvalue weighted by Crippen LogP contribution is -2.61. The van der Waals surface area contributed by atoms with E-state index in [1.54, 1.807) is 72.3 Å². The lowest BCUT2D eigenvalue weighted by Gasteiger charge is -2.36. The zero-order chi connectivity index (χ0) is 62.4. The molecule has 0 aliphatic carbocycles. The standard InChI is InChI=1S/C63H71F2N13O9S/c1-36(68-38(3)79)56(80)70-51(27-41-31-67-50-18-14-43(64)29-48(41)50)58(82)72-53-28-42-32-75(54-19-15-44(65)30-49(42)54)33-45-34-78(74-73-45)46-10-6-9-40(25-46)35-88-24-21-66-62(86)63(4)20-8-23-77(63)61(85)52(26-39-12-16-47(87-5)17-13-39)71-57(81)37(2)69-59(83)55-11-7-22-76(55)60(53)84/h6,9-10,12-19,25,29-32,34,36-37,51-53,55,67H,7-8,11,20-24,26-28,33,35H2,1-5H3,(H,66,86)(H,68,79)(H,69,83)(H,70,80)(H,71,81)(H,72,82)/t36-,37+,51+,52+,53-,55+,63+/m1/s1. The highest BCUT2D eigenvalue weighted by atomic mass is 32.2. The van der Waals surface area contributed by atoms with E-state index < -0.39 is 94.8 Å². The fraction of sp³-hybridized carbons (Fsp3) is 0.397. The molecule has 0 unspecified atom stereocenters. The Labute approximate surface area is 510 Å². The van der Waals surface area contributed by atoms with Crippen LogP contribution in [0.15, 0.2) is 104 Å². The van der Waals surface area contributed by atoms with E-state index in [4.69, 9.17) is 4.74 Å². The molecular weight excluding hydrogens is 1150 g/mol. The van der Waals surface area contributed by atoms with Crippen LogP contribution in [0.5, 0.6) is 5.75 Å². The number of H-pyrrole nitrogens is 1. The maximum Gasteiger partial charge on any atom is 0.246 e. The summed E-state index contributed by atoms with van der Waals surface area (Å²) in [5.74, 6) is -4.39. The normalized spacial score (nSPS) is 21.6. The number of carbonyl (C=O) groups excluding carboxylic acids is 8. The molecule has 8 amide bonds. The van der Waals surface area contributed by atoms with Crippen LogP contribution in [0.2, 0.25) is 0 Å². The highest BCUT2D eigenvalue weighted by molar-refractivity contribution is 7.98. The summed E-state index contributed by atoms with van der Waals surface area (Å²) in [4.78, 5) is 120. The smallest absolute Gasteiger partial charge is 0.246 e. The number of methoxy groups -OCH3 is 1. The Morgan fingerprint density at radius 1 is 0.875 bits per heavy atom. The van der Waals surface area contributed by atoms with Gasteiger partial charge in [-0.05, 0) is 129 Å². The van der Waals surface area contributed by atoms with Crippen LogP contribution in [-0.2, 0) is 69.9 Å². The maximum absolute atomic E-state index is 15.5. The van der Waals surface area contributed by atoms with Crippen molar-refractivity contribution in [3.63, 3.8) is 0 Å². The van der Waals surface area contributed by atoms with Crippen molar-refractivity contribution in [3.05, 3.63) is 143 Å². The number of fused-ring (bicyclic) bond motifs is 13. The van der Waals surface area contributed by atoms with Crippen molar-refractivity contribution in [2.45, 2.75) is 127 Å². The van der Waals surface area contributed by atoms with E-state index in [9.17, 15) is 33.2 Å². The van der Waals surface area contributed by atoms with E-state index in [0.29, 0.717) is 87.3 Å². The molecule has 25 heteroatoms. The molecule has 3 aromatic heterocycles. The third-order valence-corrected chi connectivity index (χ3v) is 17.6. The first-order valence-corrected chi connectivity index (χ1v) is 30.5. The minimum atomic E-state index is -1.49. The summed E-state index contributed by atoms with van der Waals surface area (Å²) in [6.45, 7) is 6.63. The predicted molar refractivity (Wildman–Crippen MR) is 325 cm³/mol. The molecule has 88 heavy (non-hydrogen) atoms. The quantitative estimate of drug-likeness (QED) is 0.101. The van der Waals surface area contributed by atoms with Gasteiger partial charge in [-0.1, -0.05) is 29.5 Å². The van der Waals surface area contributed by atoms with E-state index in [1.165, 1.54) is 68.0 Å². The van der Waals surface area contributed by atoms with Gasteiger partial charge in [0.25, 0.3) is 0 Å². The van der Waals surface area contributed by atoms with Crippen LogP contribution in [-0.4, -0.2) is 156 Å². The van der Waals surface area contributed by atoms with Crippen molar-refractivity contribution in [3.8, 4) is 11.4 Å². The number of aromatic amines is 1. The Balaban J connectivity index is 1.00. The number of amides is 8. The highest BCUT2D eigenvalue weighted by Gasteiger charge is 2.48. The molecule has 6 heterocycles. The van der Waals surface area contributed by atoms with Gasteiger partial charge in [0.1, 0.15) is 64.9 Å². The molecular formula is C63H71F2N13O9S. The number of nitrogens with one attached hydrogen (secondary N) is 7. The number of halogens is 2. The molecule has 7 N–H and O–H groups in total. The number of aromatic nitrogens is 5. The van der Waals surface area contributed by atoms with Crippen molar-refractivity contribution >= 4 is 80.8 Å². The maximum atomic E-state index is 15.5. The van der Waals surface area contributed by atoms with Crippen LogP contribution in [0.3, 0.4) is 0 Å². The molecule has 7 atom stereocenters. The first kappa shape index (κ1) is 61.9. The largest absolute Gasteiger partial charge is 0.497 e. The Bertz CT molecular complexity index is 3800. The number of benzene rings is 4. The van der Waals surface area contributed by atoms with E-state index in [1.807, 2.05) is 28.8 Å². The third-order valence-electron chi connectivity index (χ3n) is 16.6. The number of thioether (sulfide) groups is 1. The minimum absolute atomic E-state index is 0.0296. The summed E-state index contributed by atoms with van der Waals surface area (Å²) in [5.41, 5.74) is 3.69. The van der Waals surface area contributed by atoms with Gasteiger partial charge in [0.15, 0.2) is 0 Å². The lowest BCUT2D eigenvalue weighted by molar-refractivity contribution is -0.146. The Kier molecular flexibility index (Phi) is 18.9. The van der Waals surface area contributed by atoms with Crippen molar-refractivity contribution < 1.29 is 51.9 Å². The lowest BCUT2D eigenvalue weighted by atomic mass is 9.95. The molecule has 2 fully saturated rings. The van der Waals surface area contributed by atoms with Crippen LogP contribution in [0.1, 0.15) is 81.3 Å². The monoisotopic (exact) mass is 1220 g/mol. The van der Waals surface area contributed by atoms with Crippen molar-refractivity contribution in [2.75, 3.05) is 32.5 Å². The van der Waals surface area contributed by atoms with E-state index in [-0.39, 0.29) is 51.2 Å².